The molecule has 4 bridgehead atoms. The van der Waals surface area contributed by atoms with Crippen molar-refractivity contribution in [2.24, 2.45) is 23.2 Å². The second kappa shape index (κ2) is 6.21. The zero-order valence-corrected chi connectivity index (χ0v) is 15.5. The smallest absolute Gasteiger partial charge is 0.171 e. The third kappa shape index (κ3) is 3.01. The number of hydrogen-bond acceptors (Lipinski definition) is 2. The highest BCUT2D eigenvalue weighted by Crippen LogP contribution is 2.61. The lowest BCUT2D eigenvalue weighted by Gasteiger charge is -2.59. The molecular formula is C20H28N2OS. The average Bonchev–Trinajstić information content (AvgIpc) is 2.53. The van der Waals surface area contributed by atoms with Gasteiger partial charge in [0.2, 0.25) is 0 Å². The summed E-state index contributed by atoms with van der Waals surface area (Å²) in [6.45, 7) is 2.34. The van der Waals surface area contributed by atoms with Crippen LogP contribution < -0.4 is 15.4 Å². The molecule has 1 aromatic carbocycles. The van der Waals surface area contributed by atoms with Gasteiger partial charge in [0.15, 0.2) is 5.11 Å². The molecule has 1 aromatic rings. The van der Waals surface area contributed by atoms with Gasteiger partial charge in [0.05, 0.1) is 7.11 Å². The highest BCUT2D eigenvalue weighted by molar-refractivity contribution is 7.80. The molecule has 0 unspecified atom stereocenters. The fraction of sp³-hybridized carbons (Fsp3) is 0.650. The van der Waals surface area contributed by atoms with Gasteiger partial charge in [-0.25, -0.2) is 0 Å². The van der Waals surface area contributed by atoms with Crippen LogP contribution in [0, 0.1) is 23.2 Å². The van der Waals surface area contributed by atoms with Crippen LogP contribution in [-0.4, -0.2) is 18.3 Å². The zero-order valence-electron chi connectivity index (χ0n) is 14.7. The second-order valence-electron chi connectivity index (χ2n) is 8.33. The molecule has 0 aliphatic heterocycles. The van der Waals surface area contributed by atoms with E-state index in [-0.39, 0.29) is 0 Å². The first-order chi connectivity index (χ1) is 11.6. The number of thiocarbonyl (C=S) groups is 1. The highest BCUT2D eigenvalue weighted by atomic mass is 32.1. The van der Waals surface area contributed by atoms with E-state index in [2.05, 4.69) is 17.6 Å². The number of anilines is 1. The van der Waals surface area contributed by atoms with E-state index in [0.717, 1.165) is 34.3 Å². The van der Waals surface area contributed by atoms with Crippen LogP contribution in [0.5, 0.6) is 5.75 Å². The van der Waals surface area contributed by atoms with E-state index in [1.165, 1.54) is 38.5 Å². The van der Waals surface area contributed by atoms with Crippen molar-refractivity contribution in [1.29, 1.82) is 0 Å². The second-order valence-corrected chi connectivity index (χ2v) is 8.74. The Morgan fingerprint density at radius 2 is 1.79 bits per heavy atom. The number of rotatable bonds is 4. The van der Waals surface area contributed by atoms with Crippen molar-refractivity contribution < 1.29 is 4.74 Å². The van der Waals surface area contributed by atoms with Gasteiger partial charge in [0.1, 0.15) is 5.75 Å². The van der Waals surface area contributed by atoms with Crippen LogP contribution in [0.3, 0.4) is 0 Å². The number of benzene rings is 1. The van der Waals surface area contributed by atoms with Gasteiger partial charge >= 0.3 is 0 Å². The fourth-order valence-electron chi connectivity index (χ4n) is 5.93. The zero-order chi connectivity index (χ0) is 16.7. The summed E-state index contributed by atoms with van der Waals surface area (Å²) in [6.07, 6.45) is 8.65. The molecule has 130 valence electrons. The lowest BCUT2D eigenvalue weighted by molar-refractivity contribution is -0.0671. The van der Waals surface area contributed by atoms with Crippen LogP contribution in [0.15, 0.2) is 24.3 Å². The molecule has 4 aliphatic rings. The van der Waals surface area contributed by atoms with Crippen molar-refractivity contribution in [3.8, 4) is 5.75 Å². The van der Waals surface area contributed by atoms with Crippen LogP contribution in [0.1, 0.15) is 45.4 Å². The summed E-state index contributed by atoms with van der Waals surface area (Å²) in [6, 6.07) is 8.36. The molecule has 1 atom stereocenters. The van der Waals surface area contributed by atoms with E-state index >= 15 is 0 Å². The van der Waals surface area contributed by atoms with E-state index in [1.807, 2.05) is 24.3 Å². The summed E-state index contributed by atoms with van der Waals surface area (Å²) >= 11 is 5.58. The van der Waals surface area contributed by atoms with Crippen molar-refractivity contribution in [3.05, 3.63) is 24.3 Å². The summed E-state index contributed by atoms with van der Waals surface area (Å²) < 4.78 is 5.28. The third-order valence-corrected chi connectivity index (χ3v) is 6.90. The maximum atomic E-state index is 5.58. The predicted octanol–water partition coefficient (Wildman–Crippen LogP) is 4.59. The molecule has 0 saturated heterocycles. The quantitative estimate of drug-likeness (QED) is 0.783. The lowest BCUT2D eigenvalue weighted by atomic mass is 9.48. The van der Waals surface area contributed by atoms with E-state index in [0.29, 0.717) is 11.5 Å². The minimum absolute atomic E-state index is 0.441. The Kier molecular flexibility index (Phi) is 4.19. The average molecular weight is 345 g/mol. The van der Waals surface area contributed by atoms with Crippen LogP contribution in [0.2, 0.25) is 0 Å². The topological polar surface area (TPSA) is 33.3 Å². The summed E-state index contributed by atoms with van der Waals surface area (Å²) in [4.78, 5) is 0. The van der Waals surface area contributed by atoms with Crippen LogP contribution in [0.4, 0.5) is 5.69 Å². The van der Waals surface area contributed by atoms with Crippen LogP contribution >= 0.6 is 12.2 Å². The summed E-state index contributed by atoms with van der Waals surface area (Å²) in [7, 11) is 1.69. The van der Waals surface area contributed by atoms with Gasteiger partial charge in [-0.15, -0.1) is 0 Å². The summed E-state index contributed by atoms with van der Waals surface area (Å²) in [5, 5.41) is 7.65. The molecule has 2 N–H and O–H groups in total. The van der Waals surface area contributed by atoms with E-state index in [1.54, 1.807) is 7.11 Å². The van der Waals surface area contributed by atoms with Crippen molar-refractivity contribution in [2.75, 3.05) is 12.4 Å². The van der Waals surface area contributed by atoms with E-state index in [4.69, 9.17) is 17.0 Å². The molecule has 24 heavy (non-hydrogen) atoms. The van der Waals surface area contributed by atoms with Crippen molar-refractivity contribution in [2.45, 2.75) is 51.5 Å². The van der Waals surface area contributed by atoms with Gasteiger partial charge in [-0.1, -0.05) is 6.07 Å². The monoisotopic (exact) mass is 344 g/mol. The first-order valence-electron chi connectivity index (χ1n) is 9.28. The Labute approximate surface area is 150 Å². The molecule has 4 aliphatic carbocycles. The number of nitrogens with one attached hydrogen (secondary N) is 2. The van der Waals surface area contributed by atoms with Gasteiger partial charge in [0, 0.05) is 17.8 Å². The largest absolute Gasteiger partial charge is 0.497 e. The third-order valence-electron chi connectivity index (χ3n) is 6.68. The Hall–Kier alpha value is -1.29. The molecule has 0 aromatic heterocycles. The molecule has 3 nitrogen and oxygen atoms in total. The molecule has 0 radical (unpaired) electrons. The predicted molar refractivity (Wildman–Crippen MR) is 102 cm³/mol. The van der Waals surface area contributed by atoms with Gasteiger partial charge in [0.25, 0.3) is 0 Å². The highest BCUT2D eigenvalue weighted by Gasteiger charge is 2.53. The maximum Gasteiger partial charge on any atom is 0.171 e. The minimum Gasteiger partial charge on any atom is -0.497 e. The Balaban J connectivity index is 1.40. The Morgan fingerprint density at radius 3 is 2.38 bits per heavy atom. The number of methoxy groups -OCH3 is 1. The number of hydrogen-bond donors (Lipinski definition) is 2. The van der Waals surface area contributed by atoms with E-state index < -0.39 is 0 Å². The van der Waals surface area contributed by atoms with E-state index in [9.17, 15) is 0 Å². The van der Waals surface area contributed by atoms with Gasteiger partial charge in [-0.05, 0) is 93.0 Å². The molecule has 0 heterocycles. The molecule has 5 rings (SSSR count). The SMILES string of the molecule is COc1cccc(NC(=S)N[C@@H](C)C23CC4CC(CC(C4)C2)C3)c1. The first-order valence-corrected chi connectivity index (χ1v) is 9.69. The molecule has 0 amide bonds. The maximum absolute atomic E-state index is 5.58. The molecule has 0 spiro atoms. The van der Waals surface area contributed by atoms with Gasteiger partial charge in [-0.3, -0.25) is 0 Å². The van der Waals surface area contributed by atoms with Crippen molar-refractivity contribution in [3.63, 3.8) is 0 Å². The van der Waals surface area contributed by atoms with Crippen molar-refractivity contribution in [1.82, 2.24) is 5.32 Å². The molecule has 4 fully saturated rings. The molecular weight excluding hydrogens is 316 g/mol. The van der Waals surface area contributed by atoms with Gasteiger partial charge < -0.3 is 15.4 Å². The molecule has 4 heteroatoms. The Morgan fingerprint density at radius 1 is 1.17 bits per heavy atom. The van der Waals surface area contributed by atoms with Crippen molar-refractivity contribution >= 4 is 23.0 Å². The van der Waals surface area contributed by atoms with Crippen LogP contribution in [-0.2, 0) is 0 Å². The lowest BCUT2D eigenvalue weighted by Crippen LogP contribution is -2.56. The van der Waals surface area contributed by atoms with Gasteiger partial charge in [-0.2, -0.15) is 0 Å². The minimum atomic E-state index is 0.441. The standard InChI is InChI=1S/C20H28N2OS/c1-13(20-10-14-6-15(11-20)8-16(7-14)12-20)21-19(24)22-17-4-3-5-18(9-17)23-2/h3-5,9,13-16H,6-8,10-12H2,1-2H3,(H2,21,22,24)/t13-,14?,15?,16?,20?/m0/s1. The molecule has 4 saturated carbocycles. The Bertz CT molecular complexity index is 595. The normalized spacial score (nSPS) is 34.7. The summed E-state index contributed by atoms with van der Waals surface area (Å²) in [5.74, 6) is 3.76. The summed E-state index contributed by atoms with van der Waals surface area (Å²) in [5.41, 5.74) is 1.44. The number of ether oxygens (including phenoxy) is 1. The fourth-order valence-corrected chi connectivity index (χ4v) is 6.22. The van der Waals surface area contributed by atoms with Crippen LogP contribution in [0.25, 0.3) is 0 Å². The first kappa shape index (κ1) is 16.2.